The van der Waals surface area contributed by atoms with Crippen molar-refractivity contribution in [2.75, 3.05) is 0 Å². The number of aryl methyl sites for hydroxylation is 5. The Kier molecular flexibility index (Phi) is 5.31. The summed E-state index contributed by atoms with van der Waals surface area (Å²) in [5.74, 6) is 0. The predicted molar refractivity (Wildman–Crippen MR) is 128 cm³/mol. The highest BCUT2D eigenvalue weighted by molar-refractivity contribution is 5.89. The van der Waals surface area contributed by atoms with E-state index in [1.54, 1.807) is 6.20 Å². The Hall–Kier alpha value is -3.18. The van der Waals surface area contributed by atoms with Crippen molar-refractivity contribution in [1.82, 2.24) is 24.1 Å². The topological polar surface area (TPSA) is 48.0 Å². The van der Waals surface area contributed by atoms with Crippen LogP contribution in [0.1, 0.15) is 33.6 Å². The quantitative estimate of drug-likeness (QED) is 0.365. The lowest BCUT2D eigenvalue weighted by Crippen LogP contribution is -2.04. The van der Waals surface area contributed by atoms with E-state index in [9.17, 15) is 0 Å². The summed E-state index contributed by atoms with van der Waals surface area (Å²) < 4.78 is 4.25. The van der Waals surface area contributed by atoms with Gasteiger partial charge in [-0.2, -0.15) is 9.61 Å². The first-order valence-corrected chi connectivity index (χ1v) is 10.3. The minimum absolute atomic E-state index is 0. The molecule has 0 amide bonds. The van der Waals surface area contributed by atoms with Crippen LogP contribution in [0.2, 0.25) is 0 Å². The molecule has 158 valence electrons. The van der Waals surface area contributed by atoms with E-state index in [0.29, 0.717) is 0 Å². The van der Waals surface area contributed by atoms with Gasteiger partial charge in [0.2, 0.25) is 0 Å². The molecule has 0 saturated carbocycles. The molecule has 0 unspecified atom stereocenters. The average molecular weight is 432 g/mol. The van der Waals surface area contributed by atoms with Gasteiger partial charge in [0.05, 0.1) is 23.5 Å². The zero-order chi connectivity index (χ0) is 21.0. The van der Waals surface area contributed by atoms with Gasteiger partial charge in [-0.15, -0.1) is 12.4 Å². The van der Waals surface area contributed by atoms with Crippen LogP contribution < -0.4 is 0 Å². The van der Waals surface area contributed by atoms with Crippen LogP contribution in [0.25, 0.3) is 27.8 Å². The molecular weight excluding hydrogens is 406 g/mol. The Bertz CT molecular complexity index is 1390. The molecule has 0 aliphatic heterocycles. The normalized spacial score (nSPS) is 11.3. The molecular formula is C25H26ClN5. The molecule has 5 rings (SSSR count). The van der Waals surface area contributed by atoms with Gasteiger partial charge in [0, 0.05) is 24.0 Å². The van der Waals surface area contributed by atoms with Gasteiger partial charge in [0.25, 0.3) is 0 Å². The number of aromatic nitrogens is 5. The van der Waals surface area contributed by atoms with Crippen LogP contribution in [0.3, 0.4) is 0 Å². The minimum atomic E-state index is 0. The summed E-state index contributed by atoms with van der Waals surface area (Å²) in [7, 11) is 0. The summed E-state index contributed by atoms with van der Waals surface area (Å²) in [6, 6.07) is 10.7. The Morgan fingerprint density at radius 1 is 0.903 bits per heavy atom. The van der Waals surface area contributed by atoms with Crippen molar-refractivity contribution in [1.29, 1.82) is 0 Å². The van der Waals surface area contributed by atoms with Crippen LogP contribution >= 0.6 is 12.4 Å². The van der Waals surface area contributed by atoms with Crippen LogP contribution in [0.15, 0.2) is 48.9 Å². The summed E-state index contributed by atoms with van der Waals surface area (Å²) in [4.78, 5) is 9.26. The SMILES string of the molecule is Cc1cc(C)c(-c2c(C)nn3c2nc(C)c2ccn(Cc4cccnc4)c23)c(C)c1.Cl. The van der Waals surface area contributed by atoms with Crippen molar-refractivity contribution >= 4 is 29.1 Å². The van der Waals surface area contributed by atoms with E-state index in [4.69, 9.17) is 10.1 Å². The lowest BCUT2D eigenvalue weighted by molar-refractivity contribution is 0.792. The molecule has 0 aliphatic carbocycles. The Labute approximate surface area is 188 Å². The molecule has 0 spiro atoms. The maximum absolute atomic E-state index is 5.00. The Morgan fingerprint density at radius 2 is 1.65 bits per heavy atom. The van der Waals surface area contributed by atoms with E-state index in [0.717, 1.165) is 45.7 Å². The van der Waals surface area contributed by atoms with E-state index < -0.39 is 0 Å². The van der Waals surface area contributed by atoms with Crippen LogP contribution in [-0.4, -0.2) is 24.1 Å². The van der Waals surface area contributed by atoms with Crippen LogP contribution in [-0.2, 0) is 6.54 Å². The van der Waals surface area contributed by atoms with Gasteiger partial charge in [-0.3, -0.25) is 4.98 Å². The fraction of sp³-hybridized carbons (Fsp3) is 0.240. The second kappa shape index (κ2) is 7.82. The third-order valence-corrected chi connectivity index (χ3v) is 5.84. The molecule has 0 aliphatic rings. The van der Waals surface area contributed by atoms with E-state index in [1.807, 2.05) is 16.8 Å². The van der Waals surface area contributed by atoms with Gasteiger partial charge in [0.15, 0.2) is 5.65 Å². The number of rotatable bonds is 3. The maximum Gasteiger partial charge on any atom is 0.165 e. The number of halogens is 1. The van der Waals surface area contributed by atoms with Gasteiger partial charge in [-0.05, 0) is 69.0 Å². The van der Waals surface area contributed by atoms with Crippen LogP contribution in [0.4, 0.5) is 0 Å². The second-order valence-electron chi connectivity index (χ2n) is 8.21. The first-order chi connectivity index (χ1) is 14.4. The van der Waals surface area contributed by atoms with Crippen molar-refractivity contribution in [2.24, 2.45) is 0 Å². The van der Waals surface area contributed by atoms with Gasteiger partial charge < -0.3 is 4.57 Å². The number of hydrogen-bond donors (Lipinski definition) is 0. The fourth-order valence-electron chi connectivity index (χ4n) is 4.65. The largest absolute Gasteiger partial charge is 0.328 e. The molecule has 4 aromatic heterocycles. The van der Waals surface area contributed by atoms with E-state index in [-0.39, 0.29) is 12.4 Å². The van der Waals surface area contributed by atoms with Gasteiger partial charge in [0.1, 0.15) is 5.65 Å². The lowest BCUT2D eigenvalue weighted by atomic mass is 9.94. The van der Waals surface area contributed by atoms with Gasteiger partial charge in [-0.25, -0.2) is 4.98 Å². The summed E-state index contributed by atoms with van der Waals surface area (Å²) in [5.41, 5.74) is 11.3. The zero-order valence-electron chi connectivity index (χ0n) is 18.5. The summed E-state index contributed by atoms with van der Waals surface area (Å²) in [6.45, 7) is 11.4. The van der Waals surface area contributed by atoms with Crippen molar-refractivity contribution in [3.63, 3.8) is 0 Å². The first kappa shape index (κ1) is 21.1. The number of pyridine rings is 1. The molecule has 0 atom stereocenters. The Balaban J connectivity index is 0.00000231. The average Bonchev–Trinajstić information content (AvgIpc) is 3.24. The molecule has 4 heterocycles. The number of hydrogen-bond acceptors (Lipinski definition) is 3. The molecule has 5 aromatic rings. The number of nitrogens with zero attached hydrogens (tertiary/aromatic N) is 5. The fourth-order valence-corrected chi connectivity index (χ4v) is 4.65. The second-order valence-corrected chi connectivity index (χ2v) is 8.21. The zero-order valence-corrected chi connectivity index (χ0v) is 19.3. The smallest absolute Gasteiger partial charge is 0.165 e. The molecule has 1 aromatic carbocycles. The lowest BCUT2D eigenvalue weighted by Gasteiger charge is -2.12. The molecule has 0 N–H and O–H groups in total. The number of fused-ring (bicyclic) bond motifs is 3. The van der Waals surface area contributed by atoms with Crippen molar-refractivity contribution < 1.29 is 0 Å². The molecule has 0 saturated heterocycles. The monoisotopic (exact) mass is 431 g/mol. The molecule has 0 radical (unpaired) electrons. The Morgan fingerprint density at radius 3 is 2.32 bits per heavy atom. The van der Waals surface area contributed by atoms with E-state index >= 15 is 0 Å². The molecule has 5 nitrogen and oxygen atoms in total. The summed E-state index contributed by atoms with van der Waals surface area (Å²) in [6.07, 6.45) is 5.83. The molecule has 0 fully saturated rings. The van der Waals surface area contributed by atoms with E-state index in [1.165, 1.54) is 22.3 Å². The standard InChI is InChI=1S/C25H25N5.ClH/c1-15-11-16(2)22(17(3)12-15)23-19(5)28-30-24(23)27-18(4)21-8-10-29(25(21)30)14-20-7-6-9-26-13-20;/h6-13H,14H2,1-5H3;1H. The minimum Gasteiger partial charge on any atom is -0.328 e. The number of benzene rings is 1. The highest BCUT2D eigenvalue weighted by Crippen LogP contribution is 2.35. The van der Waals surface area contributed by atoms with Crippen LogP contribution in [0, 0.1) is 34.6 Å². The summed E-state index contributed by atoms with van der Waals surface area (Å²) >= 11 is 0. The first-order valence-electron chi connectivity index (χ1n) is 10.3. The van der Waals surface area contributed by atoms with E-state index in [2.05, 4.69) is 74.6 Å². The van der Waals surface area contributed by atoms with Gasteiger partial charge in [-0.1, -0.05) is 23.8 Å². The third kappa shape index (κ3) is 3.39. The van der Waals surface area contributed by atoms with Gasteiger partial charge >= 0.3 is 0 Å². The molecule has 31 heavy (non-hydrogen) atoms. The maximum atomic E-state index is 5.00. The predicted octanol–water partition coefficient (Wildman–Crippen LogP) is 5.76. The third-order valence-electron chi connectivity index (χ3n) is 5.84. The summed E-state index contributed by atoms with van der Waals surface area (Å²) in [5, 5.41) is 6.08. The highest BCUT2D eigenvalue weighted by atomic mass is 35.5. The van der Waals surface area contributed by atoms with Crippen LogP contribution in [0.5, 0.6) is 0 Å². The van der Waals surface area contributed by atoms with Crippen molar-refractivity contribution in [2.45, 2.75) is 41.2 Å². The van der Waals surface area contributed by atoms with Crippen molar-refractivity contribution in [3.05, 3.63) is 82.6 Å². The van der Waals surface area contributed by atoms with Crippen molar-refractivity contribution in [3.8, 4) is 11.1 Å². The molecule has 0 bridgehead atoms. The highest BCUT2D eigenvalue weighted by Gasteiger charge is 2.21. The molecule has 6 heteroatoms.